The monoisotopic (exact) mass is 329 g/mol. The smallest absolute Gasteiger partial charge is 0.290 e. The van der Waals surface area contributed by atoms with Crippen molar-refractivity contribution >= 4 is 24.2 Å². The molecule has 3 N–H and O–H groups in total. The molecule has 2 amide bonds. The Kier molecular flexibility index (Phi) is 7.98. The summed E-state index contributed by atoms with van der Waals surface area (Å²) in [5.74, 6) is 0.00580. The van der Waals surface area contributed by atoms with Crippen molar-refractivity contribution in [1.29, 1.82) is 0 Å². The molecule has 2 heterocycles. The van der Waals surface area contributed by atoms with E-state index in [0.29, 0.717) is 26.1 Å². The number of furan rings is 1. The molecule has 0 saturated carbocycles. The Morgan fingerprint density at radius 2 is 2.18 bits per heavy atom. The van der Waals surface area contributed by atoms with Crippen LogP contribution >= 0.6 is 12.4 Å². The van der Waals surface area contributed by atoms with Crippen molar-refractivity contribution in [3.8, 4) is 0 Å². The highest BCUT2D eigenvalue weighted by atomic mass is 35.5. The van der Waals surface area contributed by atoms with Crippen LogP contribution in [0.25, 0.3) is 0 Å². The lowest BCUT2D eigenvalue weighted by Crippen LogP contribution is -2.52. The molecule has 2 rings (SSSR count). The Morgan fingerprint density at radius 3 is 2.86 bits per heavy atom. The summed E-state index contributed by atoms with van der Waals surface area (Å²) < 4.78 is 5.15. The number of hydrogen-bond donors (Lipinski definition) is 2. The number of rotatable bonds is 6. The molecule has 0 bridgehead atoms. The number of carbonyl (C=O) groups is 2. The summed E-state index contributed by atoms with van der Waals surface area (Å²) in [6.07, 6.45) is 5.81. The van der Waals surface area contributed by atoms with Crippen LogP contribution in [0.5, 0.6) is 0 Å². The Hall–Kier alpha value is -1.53. The second-order valence-corrected chi connectivity index (χ2v) is 5.27. The minimum absolute atomic E-state index is 0. The number of halogens is 1. The summed E-state index contributed by atoms with van der Waals surface area (Å²) in [5.41, 5.74) is 5.43. The van der Waals surface area contributed by atoms with Crippen LogP contribution in [-0.2, 0) is 4.79 Å². The lowest BCUT2D eigenvalue weighted by atomic mass is 10.0. The molecule has 1 atom stereocenters. The zero-order valence-electron chi connectivity index (χ0n) is 12.6. The van der Waals surface area contributed by atoms with Crippen LogP contribution in [0.15, 0.2) is 22.8 Å². The van der Waals surface area contributed by atoms with Crippen LogP contribution in [0, 0.1) is 0 Å². The van der Waals surface area contributed by atoms with E-state index in [2.05, 4.69) is 5.32 Å². The average Bonchev–Trinajstić information content (AvgIpc) is 3.05. The van der Waals surface area contributed by atoms with Crippen molar-refractivity contribution in [3.05, 3.63) is 24.2 Å². The third kappa shape index (κ3) is 4.74. The highest BCUT2D eigenvalue weighted by Gasteiger charge is 2.33. The first kappa shape index (κ1) is 18.5. The molecule has 1 saturated heterocycles. The standard InChI is InChI=1S/C15H23N3O3.ClH/c16-8-2-3-9-17-14(19)12-6-1-4-10-18(12)15(20)13-7-5-11-21-13;/h5,7,11-12H,1-4,6,8-10,16H2,(H,17,19);1H. The van der Waals surface area contributed by atoms with E-state index < -0.39 is 6.04 Å². The van der Waals surface area contributed by atoms with Crippen molar-refractivity contribution in [2.24, 2.45) is 5.73 Å². The van der Waals surface area contributed by atoms with E-state index in [-0.39, 0.29) is 30.0 Å². The molecule has 7 heteroatoms. The number of piperidine rings is 1. The van der Waals surface area contributed by atoms with E-state index in [4.69, 9.17) is 10.2 Å². The number of likely N-dealkylation sites (tertiary alicyclic amines) is 1. The third-order valence-electron chi connectivity index (χ3n) is 3.73. The normalized spacial score (nSPS) is 17.7. The number of nitrogens with one attached hydrogen (secondary N) is 1. The fraction of sp³-hybridized carbons (Fsp3) is 0.600. The van der Waals surface area contributed by atoms with Gasteiger partial charge in [0.2, 0.25) is 5.91 Å². The van der Waals surface area contributed by atoms with Crippen molar-refractivity contribution in [1.82, 2.24) is 10.2 Å². The van der Waals surface area contributed by atoms with Gasteiger partial charge in [-0.15, -0.1) is 12.4 Å². The van der Waals surface area contributed by atoms with Gasteiger partial charge >= 0.3 is 0 Å². The van der Waals surface area contributed by atoms with Gasteiger partial charge in [0, 0.05) is 13.1 Å². The molecular weight excluding hydrogens is 306 g/mol. The number of hydrogen-bond acceptors (Lipinski definition) is 4. The van der Waals surface area contributed by atoms with Gasteiger partial charge < -0.3 is 20.4 Å². The Balaban J connectivity index is 0.00000242. The molecule has 0 aliphatic carbocycles. The van der Waals surface area contributed by atoms with Gasteiger partial charge in [0.15, 0.2) is 5.76 Å². The second-order valence-electron chi connectivity index (χ2n) is 5.27. The Labute approximate surface area is 136 Å². The molecule has 1 aliphatic heterocycles. The molecule has 22 heavy (non-hydrogen) atoms. The summed E-state index contributed by atoms with van der Waals surface area (Å²) in [5, 5.41) is 2.90. The summed E-state index contributed by atoms with van der Waals surface area (Å²) in [6, 6.07) is 2.92. The van der Waals surface area contributed by atoms with Gasteiger partial charge in [0.1, 0.15) is 6.04 Å². The Morgan fingerprint density at radius 1 is 1.36 bits per heavy atom. The van der Waals surface area contributed by atoms with Gasteiger partial charge in [-0.25, -0.2) is 0 Å². The van der Waals surface area contributed by atoms with Gasteiger partial charge in [-0.3, -0.25) is 9.59 Å². The van der Waals surface area contributed by atoms with E-state index >= 15 is 0 Å². The zero-order chi connectivity index (χ0) is 15.1. The predicted octanol–water partition coefficient (Wildman–Crippen LogP) is 1.55. The topological polar surface area (TPSA) is 88.6 Å². The molecule has 1 unspecified atom stereocenters. The van der Waals surface area contributed by atoms with Crippen LogP contribution in [0.2, 0.25) is 0 Å². The maximum Gasteiger partial charge on any atom is 0.290 e. The maximum absolute atomic E-state index is 12.4. The molecule has 0 spiro atoms. The molecule has 1 fully saturated rings. The summed E-state index contributed by atoms with van der Waals surface area (Å²) in [7, 11) is 0. The number of amides is 2. The second kappa shape index (κ2) is 9.48. The quantitative estimate of drug-likeness (QED) is 0.775. The van der Waals surface area contributed by atoms with Crippen molar-refractivity contribution < 1.29 is 14.0 Å². The van der Waals surface area contributed by atoms with Crippen molar-refractivity contribution in [2.75, 3.05) is 19.6 Å². The van der Waals surface area contributed by atoms with Crippen LogP contribution < -0.4 is 11.1 Å². The lowest BCUT2D eigenvalue weighted by Gasteiger charge is -2.34. The molecule has 1 aliphatic rings. The minimum atomic E-state index is -0.394. The van der Waals surface area contributed by atoms with Gasteiger partial charge in [-0.2, -0.15) is 0 Å². The third-order valence-corrected chi connectivity index (χ3v) is 3.73. The summed E-state index contributed by atoms with van der Waals surface area (Å²) >= 11 is 0. The maximum atomic E-state index is 12.4. The van der Waals surface area contributed by atoms with Crippen molar-refractivity contribution in [2.45, 2.75) is 38.1 Å². The van der Waals surface area contributed by atoms with Crippen molar-refractivity contribution in [3.63, 3.8) is 0 Å². The van der Waals surface area contributed by atoms with E-state index in [9.17, 15) is 9.59 Å². The van der Waals surface area contributed by atoms with E-state index in [0.717, 1.165) is 25.7 Å². The minimum Gasteiger partial charge on any atom is -0.459 e. The van der Waals surface area contributed by atoms with Crippen LogP contribution in [0.3, 0.4) is 0 Å². The molecule has 1 aromatic rings. The SMILES string of the molecule is Cl.NCCCCNC(=O)C1CCCCN1C(=O)c1ccco1. The van der Waals surface area contributed by atoms with E-state index in [1.165, 1.54) is 6.26 Å². The van der Waals surface area contributed by atoms with Crippen LogP contribution in [0.1, 0.15) is 42.7 Å². The fourth-order valence-corrected chi connectivity index (χ4v) is 2.59. The predicted molar refractivity (Wildman–Crippen MR) is 85.9 cm³/mol. The molecular formula is C15H24ClN3O3. The van der Waals surface area contributed by atoms with Crippen LogP contribution in [-0.4, -0.2) is 42.4 Å². The fourth-order valence-electron chi connectivity index (χ4n) is 2.59. The molecule has 0 radical (unpaired) electrons. The first-order valence-electron chi connectivity index (χ1n) is 7.56. The first-order chi connectivity index (χ1) is 10.2. The van der Waals surface area contributed by atoms with Gasteiger partial charge in [0.05, 0.1) is 6.26 Å². The van der Waals surface area contributed by atoms with Gasteiger partial charge in [0.25, 0.3) is 5.91 Å². The van der Waals surface area contributed by atoms with Gasteiger partial charge in [-0.1, -0.05) is 0 Å². The highest BCUT2D eigenvalue weighted by Crippen LogP contribution is 2.20. The number of nitrogens with zero attached hydrogens (tertiary/aromatic N) is 1. The first-order valence-corrected chi connectivity index (χ1v) is 7.56. The molecule has 124 valence electrons. The zero-order valence-corrected chi connectivity index (χ0v) is 13.4. The molecule has 1 aromatic heterocycles. The van der Waals surface area contributed by atoms with Gasteiger partial charge in [-0.05, 0) is 50.8 Å². The van der Waals surface area contributed by atoms with E-state index in [1.54, 1.807) is 17.0 Å². The average molecular weight is 330 g/mol. The Bertz CT molecular complexity index is 465. The lowest BCUT2D eigenvalue weighted by molar-refractivity contribution is -0.126. The largest absolute Gasteiger partial charge is 0.459 e. The number of carbonyl (C=O) groups excluding carboxylic acids is 2. The molecule has 0 aromatic carbocycles. The van der Waals surface area contributed by atoms with Crippen LogP contribution in [0.4, 0.5) is 0 Å². The highest BCUT2D eigenvalue weighted by molar-refractivity contribution is 5.95. The number of unbranched alkanes of at least 4 members (excludes halogenated alkanes) is 1. The number of nitrogens with two attached hydrogens (primary N) is 1. The summed E-state index contributed by atoms with van der Waals surface area (Å²) in [6.45, 7) is 1.83. The molecule has 6 nitrogen and oxygen atoms in total. The summed E-state index contributed by atoms with van der Waals surface area (Å²) in [4.78, 5) is 26.3. The van der Waals surface area contributed by atoms with E-state index in [1.807, 2.05) is 0 Å².